The highest BCUT2D eigenvalue weighted by Gasteiger charge is 2.29. The zero-order chi connectivity index (χ0) is 18.8. The zero-order valence-electron chi connectivity index (χ0n) is 15.9. The molecule has 0 aromatic carbocycles. The normalized spacial score (nSPS) is 15.6. The van der Waals surface area contributed by atoms with Crippen molar-refractivity contribution in [1.29, 1.82) is 0 Å². The Morgan fingerprint density at radius 2 is 2.07 bits per heavy atom. The molecular formula is C20H25N5OS. The van der Waals surface area contributed by atoms with Crippen molar-refractivity contribution in [3.63, 3.8) is 0 Å². The van der Waals surface area contributed by atoms with E-state index in [2.05, 4.69) is 26.5 Å². The Morgan fingerprint density at radius 3 is 2.85 bits per heavy atom. The number of hydrogen-bond donors (Lipinski definition) is 0. The van der Waals surface area contributed by atoms with Crippen LogP contribution in [0, 0.1) is 6.92 Å². The third-order valence-electron chi connectivity index (χ3n) is 5.27. The Hall–Kier alpha value is -2.28. The summed E-state index contributed by atoms with van der Waals surface area (Å²) < 4.78 is 2.06. The lowest BCUT2D eigenvalue weighted by Gasteiger charge is -2.31. The minimum absolute atomic E-state index is 0.136. The van der Waals surface area contributed by atoms with E-state index in [9.17, 15) is 4.79 Å². The van der Waals surface area contributed by atoms with Gasteiger partial charge in [0.15, 0.2) is 5.65 Å². The summed E-state index contributed by atoms with van der Waals surface area (Å²) in [4.78, 5) is 20.4. The lowest BCUT2D eigenvalue weighted by molar-refractivity contribution is 0.0715. The molecule has 3 aromatic heterocycles. The first-order chi connectivity index (χ1) is 13.2. The lowest BCUT2D eigenvalue weighted by Crippen LogP contribution is -2.38. The minimum Gasteiger partial charge on any atom is -0.338 e. The summed E-state index contributed by atoms with van der Waals surface area (Å²) in [6, 6.07) is 5.94. The molecule has 0 spiro atoms. The number of hydrogen-bond acceptors (Lipinski definition) is 5. The van der Waals surface area contributed by atoms with Gasteiger partial charge in [-0.25, -0.2) is 4.98 Å². The Kier molecular flexibility index (Phi) is 5.20. The summed E-state index contributed by atoms with van der Waals surface area (Å²) in [7, 11) is 0. The smallest absolute Gasteiger partial charge is 0.265 e. The largest absolute Gasteiger partial charge is 0.338 e. The van der Waals surface area contributed by atoms with Crippen molar-refractivity contribution in [2.75, 3.05) is 13.1 Å². The molecule has 0 bridgehead atoms. The molecule has 1 amide bonds. The Bertz CT molecular complexity index is 939. The minimum atomic E-state index is 0.136. The van der Waals surface area contributed by atoms with Crippen LogP contribution in [0.5, 0.6) is 0 Å². The second-order valence-corrected chi connectivity index (χ2v) is 8.26. The third kappa shape index (κ3) is 3.60. The fourth-order valence-electron chi connectivity index (χ4n) is 3.71. The first-order valence-electron chi connectivity index (χ1n) is 9.72. The highest BCUT2D eigenvalue weighted by atomic mass is 32.1. The van der Waals surface area contributed by atoms with Gasteiger partial charge in [-0.2, -0.15) is 0 Å². The van der Waals surface area contributed by atoms with E-state index in [1.807, 2.05) is 36.2 Å². The molecule has 1 aliphatic heterocycles. The van der Waals surface area contributed by atoms with E-state index < -0.39 is 0 Å². The molecule has 142 valence electrons. The molecule has 1 fully saturated rings. The van der Waals surface area contributed by atoms with Gasteiger partial charge >= 0.3 is 0 Å². The predicted octanol–water partition coefficient (Wildman–Crippen LogP) is 3.86. The van der Waals surface area contributed by atoms with Crippen molar-refractivity contribution in [2.45, 2.75) is 51.9 Å². The molecular weight excluding hydrogens is 358 g/mol. The van der Waals surface area contributed by atoms with Gasteiger partial charge in [-0.05, 0) is 44.7 Å². The van der Waals surface area contributed by atoms with Gasteiger partial charge in [-0.1, -0.05) is 19.4 Å². The first kappa shape index (κ1) is 18.1. The molecule has 6 nitrogen and oxygen atoms in total. The van der Waals surface area contributed by atoms with E-state index in [-0.39, 0.29) is 5.91 Å². The second kappa shape index (κ2) is 7.76. The van der Waals surface area contributed by atoms with Crippen molar-refractivity contribution in [3.8, 4) is 0 Å². The molecule has 1 aliphatic rings. The van der Waals surface area contributed by atoms with Gasteiger partial charge in [-0.15, -0.1) is 21.5 Å². The number of carbonyl (C=O) groups is 1. The van der Waals surface area contributed by atoms with Crippen molar-refractivity contribution in [1.82, 2.24) is 24.5 Å². The van der Waals surface area contributed by atoms with Crippen LogP contribution in [0.1, 0.15) is 64.7 Å². The first-order valence-corrected chi connectivity index (χ1v) is 10.5. The number of aryl methyl sites for hydroxylation is 2. The van der Waals surface area contributed by atoms with E-state index >= 15 is 0 Å². The van der Waals surface area contributed by atoms with Gasteiger partial charge in [0.2, 0.25) is 0 Å². The van der Waals surface area contributed by atoms with Gasteiger partial charge in [0.05, 0.1) is 10.7 Å². The molecule has 0 unspecified atom stereocenters. The molecule has 27 heavy (non-hydrogen) atoms. The number of thiazole rings is 1. The second-order valence-electron chi connectivity index (χ2n) is 7.18. The average Bonchev–Trinajstić information content (AvgIpc) is 3.29. The fraction of sp³-hybridized carbons (Fsp3) is 0.500. The van der Waals surface area contributed by atoms with E-state index in [4.69, 9.17) is 0 Å². The maximum atomic E-state index is 13.0. The number of amides is 1. The van der Waals surface area contributed by atoms with Crippen molar-refractivity contribution in [2.24, 2.45) is 0 Å². The van der Waals surface area contributed by atoms with Gasteiger partial charge in [0, 0.05) is 25.2 Å². The topological polar surface area (TPSA) is 63.4 Å². The van der Waals surface area contributed by atoms with Gasteiger partial charge in [-0.3, -0.25) is 9.20 Å². The van der Waals surface area contributed by atoms with Crippen LogP contribution < -0.4 is 0 Å². The highest BCUT2D eigenvalue weighted by molar-refractivity contribution is 7.13. The van der Waals surface area contributed by atoms with Crippen LogP contribution in [0.4, 0.5) is 0 Å². The lowest BCUT2D eigenvalue weighted by atomic mass is 9.96. The van der Waals surface area contributed by atoms with Crippen LogP contribution in [0.3, 0.4) is 0 Å². The molecule has 4 rings (SSSR count). The molecule has 7 heteroatoms. The summed E-state index contributed by atoms with van der Waals surface area (Å²) >= 11 is 1.57. The van der Waals surface area contributed by atoms with Gasteiger partial charge < -0.3 is 4.90 Å². The molecule has 0 radical (unpaired) electrons. The number of carbonyl (C=O) groups excluding carboxylic acids is 1. The van der Waals surface area contributed by atoms with Crippen LogP contribution in [0.15, 0.2) is 24.4 Å². The van der Waals surface area contributed by atoms with E-state index in [0.29, 0.717) is 5.92 Å². The number of pyridine rings is 1. The standard InChI is InChI=1S/C20H25N5OS/c1-3-4-8-17-21-14(2)18(27-17)20(26)24-12-9-15(10-13-24)19-23-22-16-7-5-6-11-25(16)19/h5-7,11,15H,3-4,8-10,12-13H2,1-2H3. The molecule has 4 heterocycles. The summed E-state index contributed by atoms with van der Waals surface area (Å²) in [5.74, 6) is 1.49. The quantitative estimate of drug-likeness (QED) is 0.671. The van der Waals surface area contributed by atoms with Crippen LogP contribution in [0.2, 0.25) is 0 Å². The highest BCUT2D eigenvalue weighted by Crippen LogP contribution is 2.29. The molecule has 0 atom stereocenters. The average molecular weight is 384 g/mol. The number of piperidine rings is 1. The number of aromatic nitrogens is 4. The van der Waals surface area contributed by atoms with Crippen molar-refractivity contribution >= 4 is 22.9 Å². The van der Waals surface area contributed by atoms with Crippen LogP contribution in [0.25, 0.3) is 5.65 Å². The number of fused-ring (bicyclic) bond motifs is 1. The molecule has 0 N–H and O–H groups in total. The van der Waals surface area contributed by atoms with E-state index in [1.54, 1.807) is 11.3 Å². The molecule has 3 aromatic rings. The number of likely N-dealkylation sites (tertiary alicyclic amines) is 1. The maximum absolute atomic E-state index is 13.0. The number of nitrogens with zero attached hydrogens (tertiary/aromatic N) is 5. The Labute approximate surface area is 163 Å². The monoisotopic (exact) mass is 383 g/mol. The maximum Gasteiger partial charge on any atom is 0.265 e. The molecule has 1 saturated heterocycles. The number of unbranched alkanes of at least 4 members (excludes halogenated alkanes) is 1. The van der Waals surface area contributed by atoms with Crippen LogP contribution >= 0.6 is 11.3 Å². The van der Waals surface area contributed by atoms with Crippen LogP contribution in [-0.2, 0) is 6.42 Å². The predicted molar refractivity (Wildman–Crippen MR) is 106 cm³/mol. The SMILES string of the molecule is CCCCc1nc(C)c(C(=O)N2CCC(c3nnc4ccccn34)CC2)s1. The third-order valence-corrected chi connectivity index (χ3v) is 6.47. The summed E-state index contributed by atoms with van der Waals surface area (Å²) in [5.41, 5.74) is 1.76. The zero-order valence-corrected chi connectivity index (χ0v) is 16.7. The molecule has 0 aliphatic carbocycles. The summed E-state index contributed by atoms with van der Waals surface area (Å²) in [6.45, 7) is 5.64. The van der Waals surface area contributed by atoms with E-state index in [0.717, 1.165) is 72.2 Å². The van der Waals surface area contributed by atoms with Crippen molar-refractivity contribution < 1.29 is 4.79 Å². The van der Waals surface area contributed by atoms with Crippen molar-refractivity contribution in [3.05, 3.63) is 45.8 Å². The molecule has 0 saturated carbocycles. The summed E-state index contributed by atoms with van der Waals surface area (Å²) in [5, 5.41) is 9.74. The Morgan fingerprint density at radius 1 is 1.26 bits per heavy atom. The summed E-state index contributed by atoms with van der Waals surface area (Å²) in [6.07, 6.45) is 7.09. The van der Waals surface area contributed by atoms with Crippen LogP contribution in [-0.4, -0.2) is 43.5 Å². The fourth-order valence-corrected chi connectivity index (χ4v) is 4.78. The van der Waals surface area contributed by atoms with E-state index in [1.165, 1.54) is 0 Å². The number of rotatable bonds is 5. The van der Waals surface area contributed by atoms with Gasteiger partial charge in [0.1, 0.15) is 10.7 Å². The van der Waals surface area contributed by atoms with Gasteiger partial charge in [0.25, 0.3) is 5.91 Å². The Balaban J connectivity index is 1.43.